The first-order valence-corrected chi connectivity index (χ1v) is 5.02. The van der Waals surface area contributed by atoms with Crippen LogP contribution in [0.25, 0.3) is 0 Å². The Morgan fingerprint density at radius 3 is 3.21 bits per heavy atom. The van der Waals surface area contributed by atoms with E-state index in [1.54, 1.807) is 7.11 Å². The molecule has 78 valence electrons. The van der Waals surface area contributed by atoms with Gasteiger partial charge >= 0.3 is 0 Å². The van der Waals surface area contributed by atoms with E-state index in [0.717, 1.165) is 19.4 Å². The average Bonchev–Trinajstić information content (AvgIpc) is 2.71. The Kier molecular flexibility index (Phi) is 3.35. The zero-order chi connectivity index (χ0) is 9.80. The van der Waals surface area contributed by atoms with Crippen molar-refractivity contribution in [2.75, 3.05) is 20.3 Å². The van der Waals surface area contributed by atoms with Crippen molar-refractivity contribution in [3.8, 4) is 0 Å². The molecule has 0 bridgehead atoms. The molecule has 2 rings (SSSR count). The third kappa shape index (κ3) is 2.23. The van der Waals surface area contributed by atoms with Crippen LogP contribution in [-0.2, 0) is 14.2 Å². The van der Waals surface area contributed by atoms with Crippen LogP contribution in [0, 0.1) is 0 Å². The lowest BCUT2D eigenvalue weighted by Crippen LogP contribution is -2.35. The van der Waals surface area contributed by atoms with Gasteiger partial charge in [0.2, 0.25) is 0 Å². The molecular weight excluding hydrogens is 180 g/mol. The maximum atomic E-state index is 5.76. The van der Waals surface area contributed by atoms with Crippen LogP contribution in [0.15, 0.2) is 23.8 Å². The van der Waals surface area contributed by atoms with Crippen LogP contribution in [0.3, 0.4) is 0 Å². The number of hydrogen-bond acceptors (Lipinski definition) is 3. The molecule has 0 aromatic heterocycles. The number of rotatable bonds is 3. The van der Waals surface area contributed by atoms with Gasteiger partial charge < -0.3 is 14.2 Å². The quantitative estimate of drug-likeness (QED) is 0.687. The van der Waals surface area contributed by atoms with Gasteiger partial charge in [-0.2, -0.15) is 0 Å². The van der Waals surface area contributed by atoms with Gasteiger partial charge in [0.15, 0.2) is 6.29 Å². The summed E-state index contributed by atoms with van der Waals surface area (Å²) in [6.45, 7) is 1.41. The molecule has 0 aromatic rings. The Morgan fingerprint density at radius 2 is 2.50 bits per heavy atom. The molecule has 14 heavy (non-hydrogen) atoms. The molecule has 2 aliphatic rings. The van der Waals surface area contributed by atoms with Crippen LogP contribution in [0.4, 0.5) is 0 Å². The molecule has 0 unspecified atom stereocenters. The van der Waals surface area contributed by atoms with Gasteiger partial charge in [0.05, 0.1) is 19.3 Å². The van der Waals surface area contributed by atoms with Gasteiger partial charge in [-0.3, -0.25) is 0 Å². The SMILES string of the molecule is COC[C@@H]1CCO[C@H](C2=CC=CC2)O1. The van der Waals surface area contributed by atoms with Crippen molar-refractivity contribution >= 4 is 0 Å². The summed E-state index contributed by atoms with van der Waals surface area (Å²) in [6, 6.07) is 0. The molecule has 1 fully saturated rings. The minimum Gasteiger partial charge on any atom is -0.382 e. The normalized spacial score (nSPS) is 31.9. The molecule has 2 atom stereocenters. The van der Waals surface area contributed by atoms with Crippen molar-refractivity contribution in [1.82, 2.24) is 0 Å². The fourth-order valence-electron chi connectivity index (χ4n) is 1.73. The van der Waals surface area contributed by atoms with E-state index in [9.17, 15) is 0 Å². The van der Waals surface area contributed by atoms with E-state index >= 15 is 0 Å². The fraction of sp³-hybridized carbons (Fsp3) is 0.636. The smallest absolute Gasteiger partial charge is 0.180 e. The number of methoxy groups -OCH3 is 1. The van der Waals surface area contributed by atoms with Crippen LogP contribution >= 0.6 is 0 Å². The summed E-state index contributed by atoms with van der Waals surface area (Å²) in [4.78, 5) is 0. The van der Waals surface area contributed by atoms with Gasteiger partial charge in [-0.15, -0.1) is 0 Å². The molecule has 0 aromatic carbocycles. The standard InChI is InChI=1S/C11H16O3/c1-12-8-10-6-7-13-11(14-10)9-4-2-3-5-9/h2-4,10-11H,5-8H2,1H3/t10-,11-/m0/s1. The van der Waals surface area contributed by atoms with Crippen molar-refractivity contribution in [1.29, 1.82) is 0 Å². The van der Waals surface area contributed by atoms with E-state index in [1.165, 1.54) is 5.57 Å². The van der Waals surface area contributed by atoms with E-state index in [2.05, 4.69) is 12.2 Å². The zero-order valence-corrected chi connectivity index (χ0v) is 8.44. The van der Waals surface area contributed by atoms with E-state index in [0.29, 0.717) is 6.61 Å². The zero-order valence-electron chi connectivity index (χ0n) is 8.44. The lowest BCUT2D eigenvalue weighted by molar-refractivity contribution is -0.202. The van der Waals surface area contributed by atoms with Gasteiger partial charge in [0.1, 0.15) is 0 Å². The molecule has 1 aliphatic carbocycles. The lowest BCUT2D eigenvalue weighted by atomic mass is 10.2. The van der Waals surface area contributed by atoms with Crippen LogP contribution < -0.4 is 0 Å². The molecule has 0 amide bonds. The second-order valence-corrected chi connectivity index (χ2v) is 3.58. The molecule has 3 heteroatoms. The molecular formula is C11H16O3. The highest BCUT2D eigenvalue weighted by molar-refractivity contribution is 5.24. The largest absolute Gasteiger partial charge is 0.382 e. The number of ether oxygens (including phenoxy) is 3. The van der Waals surface area contributed by atoms with Crippen LogP contribution in [0.5, 0.6) is 0 Å². The van der Waals surface area contributed by atoms with Crippen LogP contribution in [0.2, 0.25) is 0 Å². The highest BCUT2D eigenvalue weighted by Gasteiger charge is 2.25. The molecule has 0 saturated carbocycles. The Labute approximate surface area is 84.3 Å². The summed E-state index contributed by atoms with van der Waals surface area (Å²) in [7, 11) is 1.70. The lowest BCUT2D eigenvalue weighted by Gasteiger charge is -2.30. The molecule has 0 radical (unpaired) electrons. The average molecular weight is 196 g/mol. The van der Waals surface area contributed by atoms with E-state index < -0.39 is 0 Å². The van der Waals surface area contributed by atoms with Crippen LogP contribution in [-0.4, -0.2) is 32.7 Å². The van der Waals surface area contributed by atoms with Gasteiger partial charge in [0, 0.05) is 7.11 Å². The highest BCUT2D eigenvalue weighted by Crippen LogP contribution is 2.23. The Morgan fingerprint density at radius 1 is 1.57 bits per heavy atom. The van der Waals surface area contributed by atoms with Gasteiger partial charge in [-0.05, 0) is 18.4 Å². The monoisotopic (exact) mass is 196 g/mol. The van der Waals surface area contributed by atoms with Crippen molar-refractivity contribution in [3.63, 3.8) is 0 Å². The van der Waals surface area contributed by atoms with Crippen molar-refractivity contribution in [2.24, 2.45) is 0 Å². The first-order valence-electron chi connectivity index (χ1n) is 5.02. The fourth-order valence-corrected chi connectivity index (χ4v) is 1.73. The Hall–Kier alpha value is -0.640. The summed E-state index contributed by atoms with van der Waals surface area (Å²) in [5.74, 6) is 0. The molecule has 1 aliphatic heterocycles. The third-order valence-electron chi connectivity index (χ3n) is 2.48. The first kappa shape index (κ1) is 9.90. The second kappa shape index (κ2) is 4.73. The highest BCUT2D eigenvalue weighted by atomic mass is 16.7. The van der Waals surface area contributed by atoms with E-state index in [1.807, 2.05) is 6.08 Å². The summed E-state index contributed by atoms with van der Waals surface area (Å²) < 4.78 is 16.4. The predicted molar refractivity (Wildman–Crippen MR) is 52.9 cm³/mol. The number of hydrogen-bond donors (Lipinski definition) is 0. The third-order valence-corrected chi connectivity index (χ3v) is 2.48. The summed E-state index contributed by atoms with van der Waals surface area (Å²) in [6.07, 6.45) is 8.12. The summed E-state index contributed by atoms with van der Waals surface area (Å²) >= 11 is 0. The molecule has 1 heterocycles. The predicted octanol–water partition coefficient (Wildman–Crippen LogP) is 1.65. The molecule has 1 saturated heterocycles. The first-order chi connectivity index (χ1) is 6.90. The van der Waals surface area contributed by atoms with Crippen molar-refractivity contribution in [2.45, 2.75) is 25.2 Å². The van der Waals surface area contributed by atoms with Gasteiger partial charge in [-0.1, -0.05) is 18.2 Å². The minimum atomic E-state index is -0.154. The topological polar surface area (TPSA) is 27.7 Å². The maximum Gasteiger partial charge on any atom is 0.180 e. The van der Waals surface area contributed by atoms with E-state index in [4.69, 9.17) is 14.2 Å². The minimum absolute atomic E-state index is 0.154. The van der Waals surface area contributed by atoms with Crippen molar-refractivity contribution < 1.29 is 14.2 Å². The van der Waals surface area contributed by atoms with E-state index in [-0.39, 0.29) is 12.4 Å². The number of allylic oxidation sites excluding steroid dienone is 3. The summed E-state index contributed by atoms with van der Waals surface area (Å²) in [5, 5.41) is 0. The van der Waals surface area contributed by atoms with Gasteiger partial charge in [-0.25, -0.2) is 0 Å². The van der Waals surface area contributed by atoms with Crippen LogP contribution in [0.1, 0.15) is 12.8 Å². The van der Waals surface area contributed by atoms with Gasteiger partial charge in [0.25, 0.3) is 0 Å². The maximum absolute atomic E-state index is 5.76. The molecule has 3 nitrogen and oxygen atoms in total. The summed E-state index contributed by atoms with van der Waals surface area (Å²) in [5.41, 5.74) is 1.21. The molecule has 0 N–H and O–H groups in total. The van der Waals surface area contributed by atoms with Crippen molar-refractivity contribution in [3.05, 3.63) is 23.8 Å². The second-order valence-electron chi connectivity index (χ2n) is 3.58. The molecule has 0 spiro atoms. The Bertz CT molecular complexity index is 243. The Balaban J connectivity index is 1.87.